The molecule has 67 heavy (non-hydrogen) atoms. The third-order valence-electron chi connectivity index (χ3n) is 11.5. The highest BCUT2D eigenvalue weighted by Gasteiger charge is 2.53. The predicted molar refractivity (Wildman–Crippen MR) is 240 cm³/mol. The largest absolute Gasteiger partial charge is 0.506 e. The summed E-state index contributed by atoms with van der Waals surface area (Å²) in [5.41, 5.74) is 0.130. The lowest BCUT2D eigenvalue weighted by molar-refractivity contribution is -0.118. The molecule has 6 heterocycles. The molecule has 24 nitrogen and oxygen atoms in total. The van der Waals surface area contributed by atoms with E-state index in [4.69, 9.17) is 32.2 Å². The van der Waals surface area contributed by atoms with Crippen LogP contribution in [0.25, 0.3) is 22.3 Å². The normalized spacial score (nSPS) is 22.5. The smallest absolute Gasteiger partial charge is 0.450 e. The zero-order valence-electron chi connectivity index (χ0n) is 37.7. The lowest BCUT2D eigenvalue weighted by atomic mass is 10.1. The van der Waals surface area contributed by atoms with E-state index in [-0.39, 0.29) is 65.2 Å². The summed E-state index contributed by atoms with van der Waals surface area (Å²) < 4.78 is 47.0. The quantitative estimate of drug-likeness (QED) is 0.0334. The Labute approximate surface area is 385 Å². The van der Waals surface area contributed by atoms with Gasteiger partial charge in [0.1, 0.15) is 24.6 Å². The van der Waals surface area contributed by atoms with Gasteiger partial charge in [-0.25, -0.2) is 24.7 Å². The maximum atomic E-state index is 13.2. The molecular weight excluding hydrogens is 914 g/mol. The van der Waals surface area contributed by atoms with Crippen molar-refractivity contribution in [3.8, 4) is 6.07 Å². The number of nitriles is 1. The van der Waals surface area contributed by atoms with Crippen molar-refractivity contribution in [2.75, 3.05) is 30.5 Å². The molecular formula is C41H52N11O13PSi. The molecule has 26 heteroatoms. The molecule has 4 aromatic heterocycles. The van der Waals surface area contributed by atoms with Crippen LogP contribution in [-0.4, -0.2) is 126 Å². The molecule has 5 N–H and O–H groups in total. The highest BCUT2D eigenvalue weighted by Crippen LogP contribution is 2.50. The minimum Gasteiger partial charge on any atom is -0.450 e. The van der Waals surface area contributed by atoms with Gasteiger partial charge in [0.05, 0.1) is 51.1 Å². The van der Waals surface area contributed by atoms with Crippen LogP contribution in [0.1, 0.15) is 70.3 Å². The number of hydrogen-bond donors (Lipinski definition) is 5. The number of carbonyl (C=O) groups is 3. The van der Waals surface area contributed by atoms with Gasteiger partial charge >= 0.3 is 14.8 Å². The van der Waals surface area contributed by atoms with E-state index in [1.807, 2.05) is 39.9 Å². The Hall–Kier alpha value is -5.81. The van der Waals surface area contributed by atoms with Crippen LogP contribution in [0.5, 0.6) is 0 Å². The van der Waals surface area contributed by atoms with Gasteiger partial charge in [-0.2, -0.15) is 10.2 Å². The highest BCUT2D eigenvalue weighted by molar-refractivity contribution is 7.41. The third-order valence-corrected chi connectivity index (χ3v) is 17.1. The fraction of sp³-hybridized carbons (Fsp3) is 0.512. The molecule has 1 unspecified atom stereocenters. The molecule has 2 aliphatic heterocycles. The van der Waals surface area contributed by atoms with Crippen LogP contribution in [0.2, 0.25) is 18.1 Å². The lowest BCUT2D eigenvalue weighted by Crippen LogP contribution is -2.50. The molecule has 2 aliphatic rings. The monoisotopic (exact) mass is 965 g/mol. The van der Waals surface area contributed by atoms with Crippen LogP contribution >= 0.6 is 8.60 Å². The summed E-state index contributed by atoms with van der Waals surface area (Å²) in [6.07, 6.45) is -4.96. The number of anilines is 2. The van der Waals surface area contributed by atoms with Crippen molar-refractivity contribution in [3.63, 3.8) is 0 Å². The highest BCUT2D eigenvalue weighted by atomic mass is 31.2. The van der Waals surface area contributed by atoms with Crippen LogP contribution in [0.3, 0.4) is 0 Å². The van der Waals surface area contributed by atoms with Crippen molar-refractivity contribution in [1.29, 1.82) is 5.26 Å². The van der Waals surface area contributed by atoms with Gasteiger partial charge in [-0.3, -0.25) is 33.8 Å². The Morgan fingerprint density at radius 2 is 1.72 bits per heavy atom. The molecule has 2 saturated heterocycles. The first-order valence-corrected chi connectivity index (χ1v) is 25.3. The molecule has 1 aromatic carbocycles. The van der Waals surface area contributed by atoms with E-state index in [9.17, 15) is 34.7 Å². The fourth-order valence-corrected chi connectivity index (χ4v) is 9.46. The van der Waals surface area contributed by atoms with Crippen molar-refractivity contribution >= 4 is 69.0 Å². The van der Waals surface area contributed by atoms with E-state index in [1.54, 1.807) is 44.2 Å². The predicted octanol–water partition coefficient (Wildman–Crippen LogP) is 5.00. The molecule has 0 aliphatic carbocycles. The summed E-state index contributed by atoms with van der Waals surface area (Å²) >= 11 is 0. The molecule has 0 bridgehead atoms. The number of aromatic nitrogens is 8. The standard InChI is InChI=1S/C41H52N11O13PSi/c1-22(2)34(54)49-39-48-33-28(36(56)50-39)46-21-52(33)38-30(29(26(17-53)62-38)65-67(6,7)41(3,4)5)64-66(59-15-11-14-42)60-18-24-16-25(63-40(57)58)37(61-24)51-20-45-27-31(43-19-44-32(27)51)47-35(55)23-12-9-8-10-13-23/h8-10,12-13,19-22,24-26,29-30,37-38,53H,11,15-18H2,1-7H3,(H,57,58)(H,43,44,47,55)(H2,48,49,50,54,56)/t24-,25+,26+,29+,30+,37+,38+,66?/m0/s1. The van der Waals surface area contributed by atoms with Gasteiger partial charge in [-0.1, -0.05) is 52.8 Å². The average molecular weight is 966 g/mol. The lowest BCUT2D eigenvalue weighted by Gasteiger charge is -2.40. The number of amides is 2. The molecule has 7 rings (SSSR count). The van der Waals surface area contributed by atoms with Crippen LogP contribution in [0.4, 0.5) is 16.6 Å². The second-order valence-electron chi connectivity index (χ2n) is 17.5. The number of hydrogen-bond acceptors (Lipinski definition) is 18. The van der Waals surface area contributed by atoms with E-state index in [0.717, 1.165) is 0 Å². The molecule has 0 saturated carbocycles. The number of fused-ring (bicyclic) bond motifs is 2. The summed E-state index contributed by atoms with van der Waals surface area (Å²) in [4.78, 5) is 75.1. The van der Waals surface area contributed by atoms with Gasteiger partial charge < -0.3 is 47.7 Å². The topological polar surface area (TPSA) is 311 Å². The van der Waals surface area contributed by atoms with E-state index < -0.39 is 95.9 Å². The Morgan fingerprint density at radius 3 is 2.39 bits per heavy atom. The van der Waals surface area contributed by atoms with E-state index in [0.29, 0.717) is 5.56 Å². The SMILES string of the molecule is CC(C)C(=O)Nc1nc2c(ncn2[C@@H]2O[C@H](CO)[C@@H](O[Si](C)(C)C(C)(C)C)[C@H]2OP(OCCC#N)OC[C@@H]2C[C@@H](OC(=O)O)[C@H](n3cnc4c(NC(=O)c5ccccc5)ncnc43)O2)c(=O)[nH]1. The van der Waals surface area contributed by atoms with E-state index in [1.165, 1.54) is 28.1 Å². The zero-order chi connectivity index (χ0) is 48.2. The first-order valence-electron chi connectivity index (χ1n) is 21.3. The van der Waals surface area contributed by atoms with Gasteiger partial charge in [0.15, 0.2) is 55.0 Å². The molecule has 5 aromatic rings. The summed E-state index contributed by atoms with van der Waals surface area (Å²) in [5.74, 6) is -1.26. The fourth-order valence-electron chi connectivity index (χ4n) is 6.99. The van der Waals surface area contributed by atoms with Crippen LogP contribution in [0, 0.1) is 17.2 Å². The summed E-state index contributed by atoms with van der Waals surface area (Å²) in [5, 5.41) is 34.9. The molecule has 358 valence electrons. The number of imidazole rings is 2. The van der Waals surface area contributed by atoms with Crippen molar-refractivity contribution in [3.05, 3.63) is 65.2 Å². The zero-order valence-corrected chi connectivity index (χ0v) is 39.6. The van der Waals surface area contributed by atoms with Crippen molar-refractivity contribution in [2.24, 2.45) is 5.92 Å². The van der Waals surface area contributed by atoms with Crippen molar-refractivity contribution in [2.45, 2.75) is 109 Å². The van der Waals surface area contributed by atoms with Gasteiger partial charge in [0.25, 0.3) is 11.5 Å². The number of carboxylic acid groups (broad SMARTS) is 1. The minimum atomic E-state index is -2.66. The number of nitrogens with one attached hydrogen (secondary N) is 3. The van der Waals surface area contributed by atoms with Gasteiger partial charge in [0.2, 0.25) is 11.9 Å². The van der Waals surface area contributed by atoms with Gasteiger partial charge in [0, 0.05) is 17.9 Å². The van der Waals surface area contributed by atoms with E-state index >= 15 is 0 Å². The first-order chi connectivity index (χ1) is 31.9. The van der Waals surface area contributed by atoms with Crippen LogP contribution < -0.4 is 16.2 Å². The van der Waals surface area contributed by atoms with Gasteiger partial charge in [-0.15, -0.1) is 0 Å². The molecule has 0 spiro atoms. The van der Waals surface area contributed by atoms with Crippen molar-refractivity contribution < 1.29 is 56.8 Å². The molecule has 2 amide bonds. The Balaban J connectivity index is 1.17. The maximum absolute atomic E-state index is 13.2. The number of ether oxygens (including phenoxy) is 3. The number of aliphatic hydroxyl groups is 1. The third kappa shape index (κ3) is 11.0. The molecule has 0 radical (unpaired) electrons. The van der Waals surface area contributed by atoms with Crippen molar-refractivity contribution in [1.82, 2.24) is 39.0 Å². The van der Waals surface area contributed by atoms with E-state index in [2.05, 4.69) is 40.5 Å². The maximum Gasteiger partial charge on any atom is 0.506 e. The Morgan fingerprint density at radius 1 is 1.00 bits per heavy atom. The number of aliphatic hydroxyl groups excluding tert-OH is 1. The number of aromatic amines is 1. The minimum absolute atomic E-state index is 0.00350. The number of nitrogens with zero attached hydrogens (tertiary/aromatic N) is 8. The number of carbonyl (C=O) groups excluding carboxylic acids is 2. The second-order valence-corrected chi connectivity index (χ2v) is 23.4. The van der Waals surface area contributed by atoms with Gasteiger partial charge in [-0.05, 0) is 30.3 Å². The van der Waals surface area contributed by atoms with Crippen LogP contribution in [-0.2, 0) is 37.0 Å². The number of H-pyrrole nitrogens is 1. The van der Waals surface area contributed by atoms with Crippen LogP contribution in [0.15, 0.2) is 54.1 Å². The number of rotatable bonds is 18. The summed E-state index contributed by atoms with van der Waals surface area (Å²) in [6, 6.07) is 10.5. The summed E-state index contributed by atoms with van der Waals surface area (Å²) in [6.45, 7) is 12.7. The summed E-state index contributed by atoms with van der Waals surface area (Å²) in [7, 11) is -5.08. The number of benzene rings is 1. The molecule has 2 fully saturated rings. The first kappa shape index (κ1) is 49.1. The average Bonchev–Trinajstić information content (AvgIpc) is 4.07. The molecule has 8 atom stereocenters. The second kappa shape index (κ2) is 20.6. The Bertz CT molecular complexity index is 2670. The Kier molecular flexibility index (Phi) is 15.1.